The van der Waals surface area contributed by atoms with Crippen LogP contribution in [0.25, 0.3) is 0 Å². The standard InChI is InChI=1S/C18H26N4O2S/c1-12(24-16-8-6-7-15(9-16)23-5)10-20-18(19-4)21-11-17-22-13(2)14(3)25-17/h6-9,12H,10-11H2,1-5H3,(H2,19,20,21). The van der Waals surface area contributed by atoms with Crippen LogP contribution in [0.3, 0.4) is 0 Å². The van der Waals surface area contributed by atoms with Crippen molar-refractivity contribution < 1.29 is 9.47 Å². The number of guanidine groups is 1. The van der Waals surface area contributed by atoms with Gasteiger partial charge in [-0.05, 0) is 32.9 Å². The van der Waals surface area contributed by atoms with Gasteiger partial charge in [-0.2, -0.15) is 0 Å². The van der Waals surface area contributed by atoms with Crippen LogP contribution >= 0.6 is 11.3 Å². The molecule has 7 heteroatoms. The summed E-state index contributed by atoms with van der Waals surface area (Å²) in [5, 5.41) is 7.60. The van der Waals surface area contributed by atoms with E-state index in [1.807, 2.05) is 38.1 Å². The van der Waals surface area contributed by atoms with Crippen LogP contribution < -0.4 is 20.1 Å². The molecule has 0 fully saturated rings. The Kier molecular flexibility index (Phi) is 7.06. The predicted molar refractivity (Wildman–Crippen MR) is 103 cm³/mol. The number of nitrogens with zero attached hydrogens (tertiary/aromatic N) is 2. The van der Waals surface area contributed by atoms with Gasteiger partial charge in [0.15, 0.2) is 5.96 Å². The summed E-state index contributed by atoms with van der Waals surface area (Å²) >= 11 is 1.70. The van der Waals surface area contributed by atoms with Crippen molar-refractivity contribution in [3.63, 3.8) is 0 Å². The van der Waals surface area contributed by atoms with Gasteiger partial charge in [-0.15, -0.1) is 11.3 Å². The van der Waals surface area contributed by atoms with E-state index in [1.165, 1.54) is 4.88 Å². The second kappa shape index (κ2) is 9.27. The first-order valence-electron chi connectivity index (χ1n) is 8.20. The molecule has 0 aliphatic carbocycles. The van der Waals surface area contributed by atoms with Crippen LogP contribution in [0.4, 0.5) is 0 Å². The average molecular weight is 362 g/mol. The van der Waals surface area contributed by atoms with Gasteiger partial charge >= 0.3 is 0 Å². The van der Waals surface area contributed by atoms with Crippen LogP contribution in [0.2, 0.25) is 0 Å². The summed E-state index contributed by atoms with van der Waals surface area (Å²) in [6.45, 7) is 7.41. The molecule has 6 nitrogen and oxygen atoms in total. The predicted octanol–water partition coefficient (Wildman–Crippen LogP) is 2.90. The molecule has 136 valence electrons. The van der Waals surface area contributed by atoms with Crippen molar-refractivity contribution in [2.24, 2.45) is 4.99 Å². The largest absolute Gasteiger partial charge is 0.497 e. The van der Waals surface area contributed by atoms with E-state index in [4.69, 9.17) is 9.47 Å². The lowest BCUT2D eigenvalue weighted by Gasteiger charge is -2.17. The number of nitrogens with one attached hydrogen (secondary N) is 2. The number of aryl methyl sites for hydroxylation is 2. The average Bonchev–Trinajstić information content (AvgIpc) is 2.93. The van der Waals surface area contributed by atoms with Crippen molar-refractivity contribution in [3.05, 3.63) is 39.8 Å². The van der Waals surface area contributed by atoms with Crippen LogP contribution in [-0.4, -0.2) is 37.7 Å². The Hall–Kier alpha value is -2.28. The molecule has 0 aliphatic rings. The van der Waals surface area contributed by atoms with Crippen molar-refractivity contribution in [2.75, 3.05) is 20.7 Å². The third-order valence-electron chi connectivity index (χ3n) is 3.64. The highest BCUT2D eigenvalue weighted by atomic mass is 32.1. The minimum atomic E-state index is -0.0185. The van der Waals surface area contributed by atoms with Gasteiger partial charge in [-0.1, -0.05) is 6.07 Å². The molecule has 0 aliphatic heterocycles. The lowest BCUT2D eigenvalue weighted by molar-refractivity contribution is 0.223. The van der Waals surface area contributed by atoms with E-state index in [2.05, 4.69) is 27.5 Å². The molecule has 25 heavy (non-hydrogen) atoms. The van der Waals surface area contributed by atoms with Gasteiger partial charge in [-0.25, -0.2) is 4.98 Å². The van der Waals surface area contributed by atoms with Gasteiger partial charge in [0.2, 0.25) is 0 Å². The van der Waals surface area contributed by atoms with E-state index < -0.39 is 0 Å². The molecule has 2 rings (SSSR count). The van der Waals surface area contributed by atoms with Crippen LogP contribution in [-0.2, 0) is 6.54 Å². The SMILES string of the molecule is CN=C(NCc1nc(C)c(C)s1)NCC(C)Oc1cccc(OC)c1. The van der Waals surface area contributed by atoms with Crippen LogP contribution in [0.5, 0.6) is 11.5 Å². The number of ether oxygens (including phenoxy) is 2. The molecule has 0 radical (unpaired) electrons. The van der Waals surface area contributed by atoms with Crippen molar-refractivity contribution in [2.45, 2.75) is 33.4 Å². The van der Waals surface area contributed by atoms with Gasteiger partial charge in [0, 0.05) is 18.0 Å². The maximum absolute atomic E-state index is 5.90. The second-order valence-electron chi connectivity index (χ2n) is 5.66. The highest BCUT2D eigenvalue weighted by Crippen LogP contribution is 2.19. The summed E-state index contributed by atoms with van der Waals surface area (Å²) in [7, 11) is 3.40. The van der Waals surface area contributed by atoms with Gasteiger partial charge in [0.1, 0.15) is 22.6 Å². The Bertz CT molecular complexity index is 695. The number of thiazole rings is 1. The topological polar surface area (TPSA) is 67.8 Å². The summed E-state index contributed by atoms with van der Waals surface area (Å²) in [5.74, 6) is 2.29. The van der Waals surface area contributed by atoms with Crippen LogP contribution in [0.15, 0.2) is 29.3 Å². The fourth-order valence-electron chi connectivity index (χ4n) is 2.18. The Morgan fingerprint density at radius 3 is 2.68 bits per heavy atom. The zero-order valence-electron chi connectivity index (χ0n) is 15.4. The summed E-state index contributed by atoms with van der Waals surface area (Å²) in [6, 6.07) is 7.59. The van der Waals surface area contributed by atoms with Crippen molar-refractivity contribution in [1.29, 1.82) is 0 Å². The molecule has 1 atom stereocenters. The number of benzene rings is 1. The maximum atomic E-state index is 5.90. The smallest absolute Gasteiger partial charge is 0.191 e. The van der Waals surface area contributed by atoms with Crippen molar-refractivity contribution >= 4 is 17.3 Å². The van der Waals surface area contributed by atoms with E-state index in [9.17, 15) is 0 Å². The highest BCUT2D eigenvalue weighted by molar-refractivity contribution is 7.11. The molecular formula is C18H26N4O2S. The molecule has 0 saturated heterocycles. The number of aromatic nitrogens is 1. The molecule has 1 unspecified atom stereocenters. The second-order valence-corrected chi connectivity index (χ2v) is 6.95. The summed E-state index contributed by atoms with van der Waals surface area (Å²) in [6.07, 6.45) is -0.0185. The van der Waals surface area contributed by atoms with E-state index in [-0.39, 0.29) is 6.10 Å². The third-order valence-corrected chi connectivity index (χ3v) is 4.71. The van der Waals surface area contributed by atoms with Gasteiger partial charge < -0.3 is 20.1 Å². The molecule has 0 amide bonds. The Labute approximate surface area is 153 Å². The zero-order valence-corrected chi connectivity index (χ0v) is 16.2. The van der Waals surface area contributed by atoms with Gasteiger partial charge in [0.25, 0.3) is 0 Å². The summed E-state index contributed by atoms with van der Waals surface area (Å²) < 4.78 is 11.1. The fourth-order valence-corrected chi connectivity index (χ4v) is 3.06. The quantitative estimate of drug-likeness (QED) is 0.586. The fraction of sp³-hybridized carbons (Fsp3) is 0.444. The number of hydrogen-bond donors (Lipinski definition) is 2. The van der Waals surface area contributed by atoms with Gasteiger partial charge in [-0.3, -0.25) is 4.99 Å². The van der Waals surface area contributed by atoms with E-state index in [1.54, 1.807) is 25.5 Å². The molecule has 1 aromatic heterocycles. The molecule has 2 aromatic rings. The minimum absolute atomic E-state index is 0.0185. The lowest BCUT2D eigenvalue weighted by Crippen LogP contribution is -2.41. The number of hydrogen-bond acceptors (Lipinski definition) is 5. The lowest BCUT2D eigenvalue weighted by atomic mass is 10.3. The van der Waals surface area contributed by atoms with E-state index >= 15 is 0 Å². The van der Waals surface area contributed by atoms with Gasteiger partial charge in [0.05, 0.1) is 25.9 Å². The molecule has 0 spiro atoms. The first kappa shape index (κ1) is 19.1. The Morgan fingerprint density at radius 1 is 1.28 bits per heavy atom. The summed E-state index contributed by atoms with van der Waals surface area (Å²) in [4.78, 5) is 10.0. The molecule has 1 aromatic carbocycles. The van der Waals surface area contributed by atoms with E-state index in [0.29, 0.717) is 13.1 Å². The first-order valence-corrected chi connectivity index (χ1v) is 9.01. The first-order chi connectivity index (χ1) is 12.0. The number of methoxy groups -OCH3 is 1. The molecular weight excluding hydrogens is 336 g/mol. The molecule has 2 N–H and O–H groups in total. The Balaban J connectivity index is 1.79. The minimum Gasteiger partial charge on any atom is -0.497 e. The molecule has 0 bridgehead atoms. The Morgan fingerprint density at radius 2 is 2.04 bits per heavy atom. The summed E-state index contributed by atoms with van der Waals surface area (Å²) in [5.41, 5.74) is 1.09. The van der Waals surface area contributed by atoms with E-state index in [0.717, 1.165) is 28.2 Å². The van der Waals surface area contributed by atoms with Crippen LogP contribution in [0.1, 0.15) is 22.5 Å². The number of rotatable bonds is 7. The van der Waals surface area contributed by atoms with Crippen molar-refractivity contribution in [1.82, 2.24) is 15.6 Å². The normalized spacial score (nSPS) is 12.6. The van der Waals surface area contributed by atoms with Crippen molar-refractivity contribution in [3.8, 4) is 11.5 Å². The monoisotopic (exact) mass is 362 g/mol. The highest BCUT2D eigenvalue weighted by Gasteiger charge is 2.08. The number of aliphatic imine (C=N–C) groups is 1. The molecule has 0 saturated carbocycles. The third kappa shape index (κ3) is 5.94. The zero-order chi connectivity index (χ0) is 18.2. The molecule has 1 heterocycles. The van der Waals surface area contributed by atoms with Crippen LogP contribution in [0, 0.1) is 13.8 Å². The maximum Gasteiger partial charge on any atom is 0.191 e.